The molecule has 0 bridgehead atoms. The molecule has 0 aliphatic carbocycles. The summed E-state index contributed by atoms with van der Waals surface area (Å²) in [6.45, 7) is 10.2. The lowest BCUT2D eigenvalue weighted by molar-refractivity contribution is -0.131. The fraction of sp³-hybridized carbons (Fsp3) is 0.875. The number of carbonyl (C=O) groups excluding carboxylic acids is 2. The smallest absolute Gasteiger partial charge is 0.222 e. The Hall–Kier alpha value is -1.10. The number of rotatable bonds is 6. The number of likely N-dealkylation sites (tertiary alicyclic amines) is 1. The summed E-state index contributed by atoms with van der Waals surface area (Å²) in [5.41, 5.74) is 5.87. The SMILES string of the molecule is CC(=O)NC1CCN(C(=O)CCC(CCN)C(C)(C)C)C1. The Bertz CT molecular complexity index is 363. The molecule has 2 atom stereocenters. The van der Waals surface area contributed by atoms with E-state index in [-0.39, 0.29) is 23.3 Å². The van der Waals surface area contributed by atoms with Crippen molar-refractivity contribution in [1.82, 2.24) is 10.2 Å². The molecule has 2 amide bonds. The van der Waals surface area contributed by atoms with Gasteiger partial charge in [-0.05, 0) is 37.1 Å². The first-order valence-corrected chi connectivity index (χ1v) is 7.99. The van der Waals surface area contributed by atoms with E-state index < -0.39 is 0 Å². The lowest BCUT2D eigenvalue weighted by atomic mass is 9.76. The second-order valence-corrected chi connectivity index (χ2v) is 7.20. The second kappa shape index (κ2) is 7.78. The van der Waals surface area contributed by atoms with E-state index in [4.69, 9.17) is 5.73 Å². The third kappa shape index (κ3) is 6.04. The average molecular weight is 297 g/mol. The lowest BCUT2D eigenvalue weighted by Crippen LogP contribution is -2.37. The Kier molecular flexibility index (Phi) is 6.65. The fourth-order valence-corrected chi connectivity index (χ4v) is 3.06. The molecule has 0 spiro atoms. The van der Waals surface area contributed by atoms with Crippen LogP contribution in [-0.2, 0) is 9.59 Å². The minimum Gasteiger partial charge on any atom is -0.352 e. The van der Waals surface area contributed by atoms with Gasteiger partial charge in [-0.25, -0.2) is 0 Å². The Morgan fingerprint density at radius 3 is 2.52 bits per heavy atom. The highest BCUT2D eigenvalue weighted by molar-refractivity contribution is 5.77. The Morgan fingerprint density at radius 1 is 1.33 bits per heavy atom. The highest BCUT2D eigenvalue weighted by atomic mass is 16.2. The van der Waals surface area contributed by atoms with Gasteiger partial charge in [-0.1, -0.05) is 20.8 Å². The van der Waals surface area contributed by atoms with Crippen LogP contribution in [0.15, 0.2) is 0 Å². The van der Waals surface area contributed by atoms with E-state index in [1.165, 1.54) is 6.92 Å². The molecule has 1 aliphatic rings. The topological polar surface area (TPSA) is 75.4 Å². The predicted molar refractivity (Wildman–Crippen MR) is 84.7 cm³/mol. The van der Waals surface area contributed by atoms with Crippen LogP contribution in [-0.4, -0.2) is 42.4 Å². The molecule has 1 rings (SSSR count). The first-order valence-electron chi connectivity index (χ1n) is 7.99. The zero-order chi connectivity index (χ0) is 16.0. The zero-order valence-corrected chi connectivity index (χ0v) is 13.9. The van der Waals surface area contributed by atoms with E-state index in [1.54, 1.807) is 0 Å². The Labute approximate surface area is 128 Å². The van der Waals surface area contributed by atoms with Crippen LogP contribution in [0.1, 0.15) is 53.4 Å². The largest absolute Gasteiger partial charge is 0.352 e. The van der Waals surface area contributed by atoms with Crippen molar-refractivity contribution in [3.8, 4) is 0 Å². The minimum absolute atomic E-state index is 0.0231. The second-order valence-electron chi connectivity index (χ2n) is 7.20. The number of nitrogens with one attached hydrogen (secondary N) is 1. The monoisotopic (exact) mass is 297 g/mol. The van der Waals surface area contributed by atoms with Crippen molar-refractivity contribution in [2.45, 2.75) is 59.4 Å². The summed E-state index contributed by atoms with van der Waals surface area (Å²) in [7, 11) is 0. The predicted octanol–water partition coefficient (Wildman–Crippen LogP) is 1.51. The molecule has 2 unspecified atom stereocenters. The summed E-state index contributed by atoms with van der Waals surface area (Å²) in [5, 5.41) is 2.89. The molecule has 0 aromatic carbocycles. The van der Waals surface area contributed by atoms with Crippen LogP contribution in [0.5, 0.6) is 0 Å². The van der Waals surface area contributed by atoms with Crippen molar-refractivity contribution < 1.29 is 9.59 Å². The van der Waals surface area contributed by atoms with Gasteiger partial charge >= 0.3 is 0 Å². The molecule has 1 heterocycles. The Morgan fingerprint density at radius 2 is 2.00 bits per heavy atom. The van der Waals surface area contributed by atoms with E-state index in [9.17, 15) is 9.59 Å². The van der Waals surface area contributed by atoms with E-state index in [0.29, 0.717) is 25.4 Å². The molecule has 5 heteroatoms. The standard InChI is InChI=1S/C16H31N3O2/c1-12(20)18-14-8-10-19(11-14)15(21)6-5-13(7-9-17)16(2,3)4/h13-14H,5-11,17H2,1-4H3,(H,18,20). The molecule has 0 aromatic heterocycles. The van der Waals surface area contributed by atoms with Gasteiger partial charge in [0.1, 0.15) is 0 Å². The molecule has 1 saturated heterocycles. The molecule has 3 N–H and O–H groups in total. The van der Waals surface area contributed by atoms with Crippen molar-refractivity contribution in [2.24, 2.45) is 17.1 Å². The molecular weight excluding hydrogens is 266 g/mol. The summed E-state index contributed by atoms with van der Waals surface area (Å²) in [6, 6.07) is 0.119. The van der Waals surface area contributed by atoms with Crippen LogP contribution in [0.25, 0.3) is 0 Å². The maximum absolute atomic E-state index is 12.3. The first-order chi connectivity index (χ1) is 9.74. The highest BCUT2D eigenvalue weighted by Gasteiger charge is 2.29. The summed E-state index contributed by atoms with van der Waals surface area (Å²) in [5.74, 6) is 0.652. The maximum Gasteiger partial charge on any atom is 0.222 e. The van der Waals surface area contributed by atoms with E-state index in [1.807, 2.05) is 4.90 Å². The van der Waals surface area contributed by atoms with Gasteiger partial charge in [0.15, 0.2) is 0 Å². The van der Waals surface area contributed by atoms with Crippen LogP contribution in [0.2, 0.25) is 0 Å². The van der Waals surface area contributed by atoms with Crippen molar-refractivity contribution in [2.75, 3.05) is 19.6 Å². The fourth-order valence-electron chi connectivity index (χ4n) is 3.06. The third-order valence-corrected chi connectivity index (χ3v) is 4.39. The average Bonchev–Trinajstić information content (AvgIpc) is 2.80. The number of hydrogen-bond donors (Lipinski definition) is 2. The van der Waals surface area contributed by atoms with Crippen LogP contribution in [0, 0.1) is 11.3 Å². The van der Waals surface area contributed by atoms with Gasteiger partial charge < -0.3 is 16.0 Å². The minimum atomic E-state index is -0.0231. The molecular formula is C16H31N3O2. The molecule has 0 saturated carbocycles. The number of nitrogens with two attached hydrogens (primary N) is 1. The van der Waals surface area contributed by atoms with Gasteiger partial charge in [0.25, 0.3) is 0 Å². The lowest BCUT2D eigenvalue weighted by Gasteiger charge is -2.31. The van der Waals surface area contributed by atoms with Gasteiger partial charge in [0, 0.05) is 32.5 Å². The molecule has 1 fully saturated rings. The zero-order valence-electron chi connectivity index (χ0n) is 13.9. The van der Waals surface area contributed by atoms with Gasteiger partial charge in [-0.3, -0.25) is 9.59 Å². The van der Waals surface area contributed by atoms with Crippen LogP contribution in [0.4, 0.5) is 0 Å². The highest BCUT2D eigenvalue weighted by Crippen LogP contribution is 2.32. The van der Waals surface area contributed by atoms with Crippen LogP contribution in [0.3, 0.4) is 0 Å². The quantitative estimate of drug-likeness (QED) is 0.780. The first kappa shape index (κ1) is 18.0. The number of nitrogens with zero attached hydrogens (tertiary/aromatic N) is 1. The van der Waals surface area contributed by atoms with Crippen molar-refractivity contribution in [3.63, 3.8) is 0 Å². The van der Waals surface area contributed by atoms with Crippen LogP contribution < -0.4 is 11.1 Å². The van der Waals surface area contributed by atoms with E-state index in [0.717, 1.165) is 25.8 Å². The number of carbonyl (C=O) groups is 2. The molecule has 21 heavy (non-hydrogen) atoms. The summed E-state index contributed by atoms with van der Waals surface area (Å²) >= 11 is 0. The van der Waals surface area contributed by atoms with Gasteiger partial charge in [0.05, 0.1) is 0 Å². The van der Waals surface area contributed by atoms with E-state index in [2.05, 4.69) is 26.1 Å². The molecule has 0 aromatic rings. The molecule has 0 radical (unpaired) electrons. The molecule has 5 nitrogen and oxygen atoms in total. The number of amides is 2. The van der Waals surface area contributed by atoms with Gasteiger partial charge in [0.2, 0.25) is 11.8 Å². The van der Waals surface area contributed by atoms with Crippen molar-refractivity contribution in [1.29, 1.82) is 0 Å². The van der Waals surface area contributed by atoms with Crippen molar-refractivity contribution in [3.05, 3.63) is 0 Å². The molecule has 1 aliphatic heterocycles. The summed E-state index contributed by atoms with van der Waals surface area (Å²) < 4.78 is 0. The Balaban J connectivity index is 2.41. The van der Waals surface area contributed by atoms with Gasteiger partial charge in [-0.2, -0.15) is 0 Å². The van der Waals surface area contributed by atoms with E-state index >= 15 is 0 Å². The summed E-state index contributed by atoms with van der Waals surface area (Å²) in [6.07, 6.45) is 3.29. The third-order valence-electron chi connectivity index (χ3n) is 4.39. The maximum atomic E-state index is 12.3. The molecule has 122 valence electrons. The van der Waals surface area contributed by atoms with Gasteiger partial charge in [-0.15, -0.1) is 0 Å². The van der Waals surface area contributed by atoms with Crippen LogP contribution >= 0.6 is 0 Å². The summed E-state index contributed by atoms with van der Waals surface area (Å²) in [4.78, 5) is 25.2. The number of hydrogen-bond acceptors (Lipinski definition) is 3. The normalized spacial score (nSPS) is 20.4. The van der Waals surface area contributed by atoms with Crippen molar-refractivity contribution >= 4 is 11.8 Å².